The number of nitrogens with one attached hydrogen (secondary N) is 1. The third-order valence-electron chi connectivity index (χ3n) is 4.63. The summed E-state index contributed by atoms with van der Waals surface area (Å²) in [6, 6.07) is 4.98. The SMILES string of the molecule is C=CC(=O)N[C@H]1CC[C@H](C(=O)N(CC)Cc2cccc(C(F)(F)F)c2)C1. The van der Waals surface area contributed by atoms with Crippen LogP contribution in [0.5, 0.6) is 0 Å². The molecule has 2 atom stereocenters. The molecule has 142 valence electrons. The summed E-state index contributed by atoms with van der Waals surface area (Å²) in [6.07, 6.45) is -1.31. The zero-order chi connectivity index (χ0) is 19.3. The van der Waals surface area contributed by atoms with Gasteiger partial charge in [-0.3, -0.25) is 9.59 Å². The lowest BCUT2D eigenvalue weighted by Gasteiger charge is -2.25. The molecule has 1 N–H and O–H groups in total. The van der Waals surface area contributed by atoms with Crippen LogP contribution in [0, 0.1) is 5.92 Å². The monoisotopic (exact) mass is 368 g/mol. The molecule has 0 bridgehead atoms. The maximum absolute atomic E-state index is 12.8. The Morgan fingerprint density at radius 2 is 2.08 bits per heavy atom. The van der Waals surface area contributed by atoms with Gasteiger partial charge in [-0.1, -0.05) is 18.7 Å². The van der Waals surface area contributed by atoms with Crippen molar-refractivity contribution < 1.29 is 22.8 Å². The fraction of sp³-hybridized carbons (Fsp3) is 0.474. The molecule has 7 heteroatoms. The third kappa shape index (κ3) is 5.09. The van der Waals surface area contributed by atoms with E-state index in [4.69, 9.17) is 0 Å². The highest BCUT2D eigenvalue weighted by molar-refractivity contribution is 5.87. The Kier molecular flexibility index (Phi) is 6.45. The maximum atomic E-state index is 12.8. The summed E-state index contributed by atoms with van der Waals surface area (Å²) in [5, 5.41) is 2.79. The Hall–Kier alpha value is -2.31. The molecule has 0 heterocycles. The minimum Gasteiger partial charge on any atom is -0.350 e. The van der Waals surface area contributed by atoms with Crippen LogP contribution in [0.2, 0.25) is 0 Å². The second-order valence-corrected chi connectivity index (χ2v) is 6.47. The van der Waals surface area contributed by atoms with Gasteiger partial charge in [-0.2, -0.15) is 13.2 Å². The predicted molar refractivity (Wildman–Crippen MR) is 92.0 cm³/mol. The van der Waals surface area contributed by atoms with Crippen LogP contribution in [0.25, 0.3) is 0 Å². The summed E-state index contributed by atoms with van der Waals surface area (Å²) >= 11 is 0. The topological polar surface area (TPSA) is 49.4 Å². The van der Waals surface area contributed by atoms with Crippen molar-refractivity contribution in [2.24, 2.45) is 5.92 Å². The number of alkyl halides is 3. The van der Waals surface area contributed by atoms with Gasteiger partial charge in [0.05, 0.1) is 5.56 Å². The number of carbonyl (C=O) groups excluding carboxylic acids is 2. The highest BCUT2D eigenvalue weighted by Gasteiger charge is 2.33. The van der Waals surface area contributed by atoms with Gasteiger partial charge in [0.15, 0.2) is 0 Å². The van der Waals surface area contributed by atoms with Crippen molar-refractivity contribution in [1.82, 2.24) is 10.2 Å². The van der Waals surface area contributed by atoms with Gasteiger partial charge >= 0.3 is 6.18 Å². The number of amides is 2. The predicted octanol–water partition coefficient (Wildman–Crippen LogP) is 3.52. The van der Waals surface area contributed by atoms with Crippen LogP contribution in [-0.4, -0.2) is 29.3 Å². The van der Waals surface area contributed by atoms with Crippen LogP contribution in [0.1, 0.15) is 37.3 Å². The first kappa shape index (κ1) is 20.0. The molecule has 26 heavy (non-hydrogen) atoms. The summed E-state index contributed by atoms with van der Waals surface area (Å²) < 4.78 is 38.5. The van der Waals surface area contributed by atoms with E-state index < -0.39 is 11.7 Å². The van der Waals surface area contributed by atoms with E-state index in [0.29, 0.717) is 31.4 Å². The Labute approximate surface area is 151 Å². The van der Waals surface area contributed by atoms with E-state index in [1.807, 2.05) is 0 Å². The summed E-state index contributed by atoms with van der Waals surface area (Å²) in [6.45, 7) is 5.76. The Morgan fingerprint density at radius 1 is 1.35 bits per heavy atom. The molecule has 1 fully saturated rings. The molecular weight excluding hydrogens is 345 g/mol. The lowest BCUT2D eigenvalue weighted by atomic mass is 10.0. The number of hydrogen-bond acceptors (Lipinski definition) is 2. The number of rotatable bonds is 6. The second-order valence-electron chi connectivity index (χ2n) is 6.47. The van der Waals surface area contributed by atoms with Gasteiger partial charge in [0.1, 0.15) is 0 Å². The lowest BCUT2D eigenvalue weighted by molar-refractivity contribution is -0.137. The van der Waals surface area contributed by atoms with Crippen molar-refractivity contribution in [3.63, 3.8) is 0 Å². The number of hydrogen-bond donors (Lipinski definition) is 1. The van der Waals surface area contributed by atoms with E-state index in [1.54, 1.807) is 17.9 Å². The van der Waals surface area contributed by atoms with E-state index >= 15 is 0 Å². The fourth-order valence-corrected chi connectivity index (χ4v) is 3.27. The Morgan fingerprint density at radius 3 is 2.69 bits per heavy atom. The van der Waals surface area contributed by atoms with Crippen molar-refractivity contribution in [2.75, 3.05) is 6.54 Å². The van der Waals surface area contributed by atoms with E-state index in [0.717, 1.165) is 12.1 Å². The van der Waals surface area contributed by atoms with Crippen LogP contribution in [0.4, 0.5) is 13.2 Å². The van der Waals surface area contributed by atoms with Gasteiger partial charge in [0, 0.05) is 25.0 Å². The number of benzene rings is 1. The molecule has 1 aromatic rings. The van der Waals surface area contributed by atoms with Crippen molar-refractivity contribution in [1.29, 1.82) is 0 Å². The molecular formula is C19H23F3N2O2. The fourth-order valence-electron chi connectivity index (χ4n) is 3.27. The minimum atomic E-state index is -4.40. The normalized spacial score (nSPS) is 19.8. The molecule has 0 spiro atoms. The summed E-state index contributed by atoms with van der Waals surface area (Å²) in [4.78, 5) is 25.7. The first-order valence-corrected chi connectivity index (χ1v) is 8.62. The lowest BCUT2D eigenvalue weighted by Crippen LogP contribution is -2.36. The van der Waals surface area contributed by atoms with Crippen molar-refractivity contribution in [2.45, 2.75) is 44.9 Å². The van der Waals surface area contributed by atoms with Crippen molar-refractivity contribution in [3.05, 3.63) is 48.0 Å². The van der Waals surface area contributed by atoms with E-state index in [9.17, 15) is 22.8 Å². The molecule has 0 saturated heterocycles. The molecule has 1 aromatic carbocycles. The molecule has 1 aliphatic carbocycles. The average molecular weight is 368 g/mol. The number of carbonyl (C=O) groups is 2. The molecule has 1 aliphatic rings. The molecule has 2 amide bonds. The Bertz CT molecular complexity index is 673. The zero-order valence-corrected chi connectivity index (χ0v) is 14.7. The maximum Gasteiger partial charge on any atom is 0.416 e. The average Bonchev–Trinajstić information content (AvgIpc) is 3.07. The van der Waals surface area contributed by atoms with E-state index in [1.165, 1.54) is 12.1 Å². The van der Waals surface area contributed by atoms with Gasteiger partial charge in [-0.25, -0.2) is 0 Å². The molecule has 0 radical (unpaired) electrons. The smallest absolute Gasteiger partial charge is 0.350 e. The van der Waals surface area contributed by atoms with Gasteiger partial charge in [-0.05, 0) is 50.0 Å². The minimum absolute atomic E-state index is 0.0679. The highest BCUT2D eigenvalue weighted by atomic mass is 19.4. The number of nitrogens with zero attached hydrogens (tertiary/aromatic N) is 1. The zero-order valence-electron chi connectivity index (χ0n) is 14.7. The molecule has 4 nitrogen and oxygen atoms in total. The van der Waals surface area contributed by atoms with Crippen LogP contribution < -0.4 is 5.32 Å². The molecule has 0 unspecified atom stereocenters. The van der Waals surface area contributed by atoms with Gasteiger partial charge in [0.2, 0.25) is 11.8 Å². The highest BCUT2D eigenvalue weighted by Crippen LogP contribution is 2.31. The number of halogens is 3. The largest absolute Gasteiger partial charge is 0.416 e. The molecule has 2 rings (SSSR count). The first-order valence-electron chi connectivity index (χ1n) is 8.62. The van der Waals surface area contributed by atoms with Crippen LogP contribution >= 0.6 is 0 Å². The van der Waals surface area contributed by atoms with E-state index in [2.05, 4.69) is 11.9 Å². The summed E-state index contributed by atoms with van der Waals surface area (Å²) in [7, 11) is 0. The quantitative estimate of drug-likeness (QED) is 0.781. The molecule has 0 aliphatic heterocycles. The van der Waals surface area contributed by atoms with Crippen LogP contribution in [0.3, 0.4) is 0 Å². The van der Waals surface area contributed by atoms with Gasteiger partial charge in [0.25, 0.3) is 0 Å². The molecule has 0 aromatic heterocycles. The molecule has 1 saturated carbocycles. The van der Waals surface area contributed by atoms with Crippen molar-refractivity contribution in [3.8, 4) is 0 Å². The van der Waals surface area contributed by atoms with Crippen LogP contribution in [0.15, 0.2) is 36.9 Å². The van der Waals surface area contributed by atoms with Gasteiger partial charge < -0.3 is 10.2 Å². The van der Waals surface area contributed by atoms with Crippen LogP contribution in [-0.2, 0) is 22.3 Å². The van der Waals surface area contributed by atoms with Gasteiger partial charge in [-0.15, -0.1) is 0 Å². The standard InChI is InChI=1S/C19H23F3N2O2/c1-3-17(25)23-16-9-8-14(11-16)18(26)24(4-2)12-13-6-5-7-15(10-13)19(20,21)22/h3,5-7,10,14,16H,1,4,8-9,11-12H2,2H3,(H,23,25)/t14-,16-/m0/s1. The summed E-state index contributed by atoms with van der Waals surface area (Å²) in [5.41, 5.74) is -0.267. The summed E-state index contributed by atoms with van der Waals surface area (Å²) in [5.74, 6) is -0.574. The second kappa shape index (κ2) is 8.38. The van der Waals surface area contributed by atoms with E-state index in [-0.39, 0.29) is 30.3 Å². The third-order valence-corrected chi connectivity index (χ3v) is 4.63. The first-order chi connectivity index (χ1) is 12.2. The van der Waals surface area contributed by atoms with Crippen molar-refractivity contribution >= 4 is 11.8 Å². The Balaban J connectivity index is 2.01.